The Morgan fingerprint density at radius 3 is 2.44 bits per heavy atom. The number of sulfonamides is 1. The van der Waals surface area contributed by atoms with Crippen molar-refractivity contribution in [2.75, 3.05) is 18.8 Å². The first kappa shape index (κ1) is 19.4. The number of likely N-dealkylation sites (tertiary alicyclic amines) is 1. The summed E-state index contributed by atoms with van der Waals surface area (Å²) in [5.41, 5.74) is 2.22. The van der Waals surface area contributed by atoms with Gasteiger partial charge in [0.15, 0.2) is 0 Å². The molecule has 0 unspecified atom stereocenters. The van der Waals surface area contributed by atoms with Crippen molar-refractivity contribution in [2.45, 2.75) is 38.6 Å². The third-order valence-electron chi connectivity index (χ3n) is 4.39. The van der Waals surface area contributed by atoms with Gasteiger partial charge in [-0.25, -0.2) is 13.6 Å². The fraction of sp³-hybridized carbons (Fsp3) is 0.529. The minimum atomic E-state index is -3.56. The van der Waals surface area contributed by atoms with E-state index >= 15 is 0 Å². The number of amides is 2. The van der Waals surface area contributed by atoms with Gasteiger partial charge in [-0.15, -0.1) is 0 Å². The molecule has 2 amide bonds. The number of nitrogens with zero attached hydrogens (tertiary/aromatic N) is 1. The molecule has 1 heterocycles. The SMILES string of the molecule is CC(=O)N[C@H]1CN(C(=O)CCCS(N)(=O)=O)C[C@@H]1c1ccc(C)cc1. The third kappa shape index (κ3) is 5.82. The second-order valence-electron chi connectivity index (χ2n) is 6.59. The Morgan fingerprint density at radius 1 is 1.24 bits per heavy atom. The second-order valence-corrected chi connectivity index (χ2v) is 8.33. The van der Waals surface area contributed by atoms with Crippen molar-refractivity contribution >= 4 is 21.8 Å². The molecule has 1 aliphatic rings. The summed E-state index contributed by atoms with van der Waals surface area (Å²) in [6.07, 6.45) is 0.331. The van der Waals surface area contributed by atoms with Crippen LogP contribution in [0.25, 0.3) is 0 Å². The predicted octanol–water partition coefficient (Wildman–Crippen LogP) is 0.494. The van der Waals surface area contributed by atoms with E-state index in [1.54, 1.807) is 4.90 Å². The molecule has 8 heteroatoms. The number of aryl methyl sites for hydroxylation is 1. The van der Waals surface area contributed by atoms with E-state index in [9.17, 15) is 18.0 Å². The topological polar surface area (TPSA) is 110 Å². The number of hydrogen-bond donors (Lipinski definition) is 2. The molecule has 0 saturated carbocycles. The quantitative estimate of drug-likeness (QED) is 0.762. The van der Waals surface area contributed by atoms with Crippen LogP contribution in [-0.2, 0) is 19.6 Å². The molecule has 25 heavy (non-hydrogen) atoms. The number of primary sulfonamides is 1. The smallest absolute Gasteiger partial charge is 0.222 e. The average molecular weight is 367 g/mol. The number of rotatable bonds is 6. The molecule has 2 atom stereocenters. The highest BCUT2D eigenvalue weighted by atomic mass is 32.2. The van der Waals surface area contributed by atoms with Gasteiger partial charge in [-0.05, 0) is 18.9 Å². The number of carbonyl (C=O) groups excluding carboxylic acids is 2. The van der Waals surface area contributed by atoms with Gasteiger partial charge >= 0.3 is 0 Å². The Balaban J connectivity index is 2.05. The van der Waals surface area contributed by atoms with E-state index in [1.165, 1.54) is 6.92 Å². The molecule has 1 fully saturated rings. The van der Waals surface area contributed by atoms with Crippen LogP contribution in [0.15, 0.2) is 24.3 Å². The second kappa shape index (κ2) is 7.97. The minimum Gasteiger partial charge on any atom is -0.351 e. The van der Waals surface area contributed by atoms with E-state index in [4.69, 9.17) is 5.14 Å². The zero-order valence-corrected chi connectivity index (χ0v) is 15.4. The number of benzene rings is 1. The van der Waals surface area contributed by atoms with Gasteiger partial charge in [0.2, 0.25) is 21.8 Å². The minimum absolute atomic E-state index is 0.0201. The molecule has 3 N–H and O–H groups in total. The maximum absolute atomic E-state index is 12.4. The summed E-state index contributed by atoms with van der Waals surface area (Å²) in [6, 6.07) is 7.91. The molecule has 0 spiro atoms. The summed E-state index contributed by atoms with van der Waals surface area (Å²) >= 11 is 0. The van der Waals surface area contributed by atoms with Gasteiger partial charge in [0.05, 0.1) is 11.8 Å². The molecule has 138 valence electrons. The van der Waals surface area contributed by atoms with Crippen molar-refractivity contribution in [2.24, 2.45) is 5.14 Å². The van der Waals surface area contributed by atoms with Crippen LogP contribution in [-0.4, -0.2) is 50.0 Å². The summed E-state index contributed by atoms with van der Waals surface area (Å²) in [4.78, 5) is 25.6. The first-order valence-electron chi connectivity index (χ1n) is 8.27. The van der Waals surface area contributed by atoms with Crippen molar-refractivity contribution in [1.82, 2.24) is 10.2 Å². The summed E-state index contributed by atoms with van der Waals surface area (Å²) in [7, 11) is -3.56. The maximum atomic E-state index is 12.4. The zero-order valence-electron chi connectivity index (χ0n) is 14.6. The first-order chi connectivity index (χ1) is 11.7. The van der Waals surface area contributed by atoms with Gasteiger partial charge in [-0.3, -0.25) is 9.59 Å². The van der Waals surface area contributed by atoms with E-state index in [2.05, 4.69) is 5.32 Å². The molecule has 0 bridgehead atoms. The monoisotopic (exact) mass is 367 g/mol. The van der Waals surface area contributed by atoms with Crippen molar-refractivity contribution in [3.63, 3.8) is 0 Å². The highest BCUT2D eigenvalue weighted by Gasteiger charge is 2.36. The third-order valence-corrected chi connectivity index (χ3v) is 5.24. The van der Waals surface area contributed by atoms with Crippen LogP contribution in [0.3, 0.4) is 0 Å². The van der Waals surface area contributed by atoms with Gasteiger partial charge in [0, 0.05) is 32.4 Å². The maximum Gasteiger partial charge on any atom is 0.222 e. The summed E-state index contributed by atoms with van der Waals surface area (Å²) in [5, 5.41) is 7.88. The van der Waals surface area contributed by atoms with Crippen LogP contribution in [0, 0.1) is 6.92 Å². The van der Waals surface area contributed by atoms with Crippen molar-refractivity contribution in [3.05, 3.63) is 35.4 Å². The molecule has 1 aromatic rings. The van der Waals surface area contributed by atoms with E-state index in [1.807, 2.05) is 31.2 Å². The lowest BCUT2D eigenvalue weighted by Crippen LogP contribution is -2.39. The van der Waals surface area contributed by atoms with Crippen LogP contribution in [0.2, 0.25) is 0 Å². The lowest BCUT2D eigenvalue weighted by atomic mass is 9.93. The van der Waals surface area contributed by atoms with Crippen molar-refractivity contribution in [1.29, 1.82) is 0 Å². The molecule has 1 saturated heterocycles. The number of nitrogens with two attached hydrogens (primary N) is 1. The molecule has 1 aliphatic heterocycles. The van der Waals surface area contributed by atoms with Crippen LogP contribution in [0.5, 0.6) is 0 Å². The fourth-order valence-electron chi connectivity index (χ4n) is 3.15. The Bertz CT molecular complexity index is 731. The molecule has 0 aromatic heterocycles. The molecule has 2 rings (SSSR count). The number of nitrogens with one attached hydrogen (secondary N) is 1. The van der Waals surface area contributed by atoms with E-state index < -0.39 is 10.0 Å². The van der Waals surface area contributed by atoms with Crippen LogP contribution >= 0.6 is 0 Å². The normalized spacial score (nSPS) is 20.5. The lowest BCUT2D eigenvalue weighted by molar-refractivity contribution is -0.130. The van der Waals surface area contributed by atoms with Gasteiger partial charge in [-0.1, -0.05) is 29.8 Å². The highest BCUT2D eigenvalue weighted by Crippen LogP contribution is 2.28. The number of carbonyl (C=O) groups is 2. The van der Waals surface area contributed by atoms with E-state index in [0.29, 0.717) is 13.1 Å². The molecular formula is C17H25N3O4S. The van der Waals surface area contributed by atoms with Gasteiger partial charge in [-0.2, -0.15) is 0 Å². The standard InChI is InChI=1S/C17H25N3O4S/c1-12-5-7-14(8-6-12)15-10-20(11-16(15)19-13(2)21)17(22)4-3-9-25(18,23)24/h5-8,15-16H,3-4,9-11H2,1-2H3,(H,19,21)(H2,18,23,24)/t15-,16+/m1/s1. The predicted molar refractivity (Wildman–Crippen MR) is 95.3 cm³/mol. The molecule has 0 radical (unpaired) electrons. The summed E-state index contributed by atoms with van der Waals surface area (Å²) in [5.74, 6) is -0.436. The Hall–Kier alpha value is -1.93. The molecule has 0 aliphatic carbocycles. The fourth-order valence-corrected chi connectivity index (χ4v) is 3.70. The summed E-state index contributed by atoms with van der Waals surface area (Å²) in [6.45, 7) is 4.39. The first-order valence-corrected chi connectivity index (χ1v) is 9.99. The Labute approximate surface area is 148 Å². The number of hydrogen-bond acceptors (Lipinski definition) is 4. The van der Waals surface area contributed by atoms with E-state index in [0.717, 1.165) is 11.1 Å². The molecule has 1 aromatic carbocycles. The largest absolute Gasteiger partial charge is 0.351 e. The zero-order chi connectivity index (χ0) is 18.6. The highest BCUT2D eigenvalue weighted by molar-refractivity contribution is 7.89. The summed E-state index contributed by atoms with van der Waals surface area (Å²) < 4.78 is 22.0. The van der Waals surface area contributed by atoms with Crippen molar-refractivity contribution < 1.29 is 18.0 Å². The van der Waals surface area contributed by atoms with Crippen LogP contribution < -0.4 is 10.5 Å². The van der Waals surface area contributed by atoms with E-state index in [-0.39, 0.29) is 42.4 Å². The van der Waals surface area contributed by atoms with Gasteiger partial charge < -0.3 is 10.2 Å². The van der Waals surface area contributed by atoms with Crippen LogP contribution in [0.1, 0.15) is 36.8 Å². The van der Waals surface area contributed by atoms with Gasteiger partial charge in [0.1, 0.15) is 0 Å². The van der Waals surface area contributed by atoms with Gasteiger partial charge in [0.25, 0.3) is 0 Å². The molecular weight excluding hydrogens is 342 g/mol. The van der Waals surface area contributed by atoms with Crippen LogP contribution in [0.4, 0.5) is 0 Å². The molecule has 7 nitrogen and oxygen atoms in total. The van der Waals surface area contributed by atoms with Crippen molar-refractivity contribution in [3.8, 4) is 0 Å². The Kier molecular flexibility index (Phi) is 6.18. The average Bonchev–Trinajstić information content (AvgIpc) is 2.90. The lowest BCUT2D eigenvalue weighted by Gasteiger charge is -2.19. The Morgan fingerprint density at radius 2 is 1.88 bits per heavy atom.